The standard InChI is InChI=1S/C19H28N4S/c1-5-11-23(13-14(3)9-10-20)18-16-8-7-15(6-2)12-17(16)21-19(22-18)24-4/h6,14-15H,2,5,7-9,11-13H2,1,3-4H3/t14-,15?/m0/s1. The second kappa shape index (κ2) is 9.08. The molecule has 1 aromatic rings. The summed E-state index contributed by atoms with van der Waals surface area (Å²) in [5.74, 6) is 1.96. The van der Waals surface area contributed by atoms with Gasteiger partial charge >= 0.3 is 0 Å². The number of aromatic nitrogens is 2. The van der Waals surface area contributed by atoms with Crippen molar-refractivity contribution < 1.29 is 0 Å². The van der Waals surface area contributed by atoms with E-state index in [2.05, 4.69) is 37.5 Å². The van der Waals surface area contributed by atoms with Crippen molar-refractivity contribution in [1.29, 1.82) is 5.26 Å². The Kier molecular flexibility index (Phi) is 7.11. The normalized spacial score (nSPS) is 17.7. The highest BCUT2D eigenvalue weighted by Crippen LogP contribution is 2.33. The summed E-state index contributed by atoms with van der Waals surface area (Å²) in [6, 6.07) is 2.29. The zero-order valence-electron chi connectivity index (χ0n) is 15.1. The highest BCUT2D eigenvalue weighted by Gasteiger charge is 2.25. The van der Waals surface area contributed by atoms with Crippen molar-refractivity contribution in [2.45, 2.75) is 51.1 Å². The van der Waals surface area contributed by atoms with Crippen LogP contribution in [0.3, 0.4) is 0 Å². The molecule has 1 unspecified atom stereocenters. The number of nitrogens with zero attached hydrogens (tertiary/aromatic N) is 4. The molecule has 0 spiro atoms. The van der Waals surface area contributed by atoms with Gasteiger partial charge in [0.15, 0.2) is 5.16 Å². The molecule has 1 heterocycles. The first-order chi connectivity index (χ1) is 11.6. The molecule has 1 aliphatic rings. The van der Waals surface area contributed by atoms with Crippen molar-refractivity contribution in [3.05, 3.63) is 23.9 Å². The van der Waals surface area contributed by atoms with E-state index in [0.717, 1.165) is 49.7 Å². The van der Waals surface area contributed by atoms with Gasteiger partial charge in [-0.25, -0.2) is 9.97 Å². The third-order valence-electron chi connectivity index (χ3n) is 4.55. The van der Waals surface area contributed by atoms with E-state index in [1.54, 1.807) is 11.8 Å². The molecule has 0 aromatic carbocycles. The third kappa shape index (κ3) is 4.51. The smallest absolute Gasteiger partial charge is 0.189 e. The lowest BCUT2D eigenvalue weighted by molar-refractivity contribution is 0.524. The number of anilines is 1. The average Bonchev–Trinajstić information content (AvgIpc) is 2.60. The molecule has 0 N–H and O–H groups in total. The molecule has 0 bridgehead atoms. The molecule has 130 valence electrons. The van der Waals surface area contributed by atoms with Crippen LogP contribution in [0.15, 0.2) is 17.8 Å². The van der Waals surface area contributed by atoms with Crippen molar-refractivity contribution in [1.82, 2.24) is 9.97 Å². The number of hydrogen-bond donors (Lipinski definition) is 0. The summed E-state index contributed by atoms with van der Waals surface area (Å²) in [6.45, 7) is 10.1. The molecule has 1 aliphatic carbocycles. The zero-order chi connectivity index (χ0) is 17.5. The number of nitriles is 1. The molecule has 0 fully saturated rings. The number of fused-ring (bicyclic) bond motifs is 1. The lowest BCUT2D eigenvalue weighted by atomic mass is 9.87. The van der Waals surface area contributed by atoms with Crippen LogP contribution >= 0.6 is 11.8 Å². The van der Waals surface area contributed by atoms with Crippen LogP contribution in [0.25, 0.3) is 0 Å². The highest BCUT2D eigenvalue weighted by molar-refractivity contribution is 7.98. The quantitative estimate of drug-likeness (QED) is 0.401. The van der Waals surface area contributed by atoms with E-state index in [1.807, 2.05) is 6.26 Å². The van der Waals surface area contributed by atoms with Gasteiger partial charge in [0, 0.05) is 25.1 Å². The van der Waals surface area contributed by atoms with Crippen molar-refractivity contribution in [3.63, 3.8) is 0 Å². The molecule has 0 amide bonds. The van der Waals surface area contributed by atoms with Crippen LogP contribution in [0, 0.1) is 23.2 Å². The summed E-state index contributed by atoms with van der Waals surface area (Å²) in [5.41, 5.74) is 2.50. The van der Waals surface area contributed by atoms with Gasteiger partial charge in [-0.3, -0.25) is 0 Å². The van der Waals surface area contributed by atoms with Crippen LogP contribution < -0.4 is 4.90 Å². The molecular formula is C19H28N4S. The van der Waals surface area contributed by atoms with Gasteiger partial charge in [-0.1, -0.05) is 31.7 Å². The minimum absolute atomic E-state index is 0.342. The Balaban J connectivity index is 2.38. The number of thioether (sulfide) groups is 1. The highest BCUT2D eigenvalue weighted by atomic mass is 32.2. The molecule has 5 heteroatoms. The Hall–Kier alpha value is -1.54. The van der Waals surface area contributed by atoms with Crippen LogP contribution in [0.1, 0.15) is 44.4 Å². The van der Waals surface area contributed by atoms with Gasteiger partial charge in [0.1, 0.15) is 5.82 Å². The summed E-state index contributed by atoms with van der Waals surface area (Å²) in [4.78, 5) is 12.0. The Morgan fingerprint density at radius 1 is 1.50 bits per heavy atom. The molecule has 0 aliphatic heterocycles. The van der Waals surface area contributed by atoms with Crippen LogP contribution in [0.5, 0.6) is 0 Å². The third-order valence-corrected chi connectivity index (χ3v) is 5.10. The summed E-state index contributed by atoms with van der Waals surface area (Å²) in [5, 5.41) is 9.82. The fourth-order valence-electron chi connectivity index (χ4n) is 3.30. The van der Waals surface area contributed by atoms with Crippen LogP contribution in [-0.4, -0.2) is 29.3 Å². The molecule has 0 saturated carbocycles. The van der Waals surface area contributed by atoms with Crippen LogP contribution in [0.4, 0.5) is 5.82 Å². The predicted octanol–water partition coefficient (Wildman–Crippen LogP) is 4.26. The summed E-state index contributed by atoms with van der Waals surface area (Å²) < 4.78 is 0. The largest absolute Gasteiger partial charge is 0.356 e. The van der Waals surface area contributed by atoms with Gasteiger partial charge in [-0.2, -0.15) is 5.26 Å². The van der Waals surface area contributed by atoms with E-state index >= 15 is 0 Å². The van der Waals surface area contributed by atoms with Crippen LogP contribution in [-0.2, 0) is 12.8 Å². The van der Waals surface area contributed by atoms with Crippen molar-refractivity contribution in [2.75, 3.05) is 24.2 Å². The van der Waals surface area contributed by atoms with Gasteiger partial charge in [0.25, 0.3) is 0 Å². The number of allylic oxidation sites excluding steroid dienone is 1. The Morgan fingerprint density at radius 2 is 2.29 bits per heavy atom. The second-order valence-electron chi connectivity index (χ2n) is 6.61. The minimum Gasteiger partial charge on any atom is -0.356 e. The first kappa shape index (κ1) is 18.8. The predicted molar refractivity (Wildman–Crippen MR) is 101 cm³/mol. The lowest BCUT2D eigenvalue weighted by Crippen LogP contribution is -2.32. The maximum absolute atomic E-state index is 8.97. The summed E-state index contributed by atoms with van der Waals surface area (Å²) >= 11 is 1.60. The minimum atomic E-state index is 0.342. The average molecular weight is 345 g/mol. The van der Waals surface area contributed by atoms with E-state index in [9.17, 15) is 0 Å². The molecule has 4 nitrogen and oxygen atoms in total. The van der Waals surface area contributed by atoms with E-state index in [-0.39, 0.29) is 0 Å². The van der Waals surface area contributed by atoms with Gasteiger partial charge in [0.2, 0.25) is 0 Å². The Bertz CT molecular complexity index is 608. The maximum Gasteiger partial charge on any atom is 0.189 e. The van der Waals surface area contributed by atoms with Crippen LogP contribution in [0.2, 0.25) is 0 Å². The van der Waals surface area contributed by atoms with E-state index in [1.165, 1.54) is 11.3 Å². The van der Waals surface area contributed by atoms with E-state index in [0.29, 0.717) is 18.3 Å². The molecule has 0 radical (unpaired) electrons. The van der Waals surface area contributed by atoms with Crippen molar-refractivity contribution in [2.24, 2.45) is 11.8 Å². The van der Waals surface area contributed by atoms with Gasteiger partial charge < -0.3 is 4.90 Å². The molecule has 24 heavy (non-hydrogen) atoms. The zero-order valence-corrected chi connectivity index (χ0v) is 15.9. The molecule has 2 rings (SSSR count). The SMILES string of the molecule is C=CC1CCc2c(nc(SC)nc2N(CCC)C[C@@H](C)CC#N)C1. The van der Waals surface area contributed by atoms with Gasteiger partial charge in [-0.05, 0) is 43.8 Å². The van der Waals surface area contributed by atoms with Crippen molar-refractivity contribution >= 4 is 17.6 Å². The van der Waals surface area contributed by atoms with Crippen molar-refractivity contribution in [3.8, 4) is 6.07 Å². The number of hydrogen-bond acceptors (Lipinski definition) is 5. The van der Waals surface area contributed by atoms with Gasteiger partial charge in [-0.15, -0.1) is 6.58 Å². The van der Waals surface area contributed by atoms with E-state index in [4.69, 9.17) is 15.2 Å². The van der Waals surface area contributed by atoms with Gasteiger partial charge in [0.05, 0.1) is 11.8 Å². The monoisotopic (exact) mass is 344 g/mol. The Labute approximate surface area is 150 Å². The molecular weight excluding hydrogens is 316 g/mol. The number of rotatable bonds is 8. The summed E-state index contributed by atoms with van der Waals surface area (Å²) in [6.07, 6.45) is 8.85. The first-order valence-electron chi connectivity index (χ1n) is 8.81. The molecule has 1 aromatic heterocycles. The summed E-state index contributed by atoms with van der Waals surface area (Å²) in [7, 11) is 0. The fraction of sp³-hybridized carbons (Fsp3) is 0.632. The molecule has 0 saturated heterocycles. The first-order valence-corrected chi connectivity index (χ1v) is 10.0. The topological polar surface area (TPSA) is 52.8 Å². The maximum atomic E-state index is 8.97. The second-order valence-corrected chi connectivity index (χ2v) is 7.38. The lowest BCUT2D eigenvalue weighted by Gasteiger charge is -2.31. The molecule has 2 atom stereocenters. The fourth-order valence-corrected chi connectivity index (χ4v) is 3.68. The Morgan fingerprint density at radius 3 is 2.92 bits per heavy atom. The van der Waals surface area contributed by atoms with E-state index < -0.39 is 0 Å².